The Morgan fingerprint density at radius 1 is 1.12 bits per heavy atom. The number of benzene rings is 2. The maximum absolute atomic E-state index is 14.2. The summed E-state index contributed by atoms with van der Waals surface area (Å²) in [6.07, 6.45) is 4.89. The Balaban J connectivity index is 1.49. The van der Waals surface area contributed by atoms with Gasteiger partial charge >= 0.3 is 13.5 Å². The van der Waals surface area contributed by atoms with E-state index < -0.39 is 19.5 Å². The van der Waals surface area contributed by atoms with Gasteiger partial charge in [0.15, 0.2) is 17.0 Å². The zero-order valence-electron chi connectivity index (χ0n) is 24.2. The number of nitrogen functional groups attached to an aromatic ring is 1. The fourth-order valence-electron chi connectivity index (χ4n) is 4.19. The van der Waals surface area contributed by atoms with Crippen molar-refractivity contribution in [2.24, 2.45) is 0 Å². The maximum Gasteiger partial charge on any atom is 0.342 e. The molecule has 0 aliphatic carbocycles. The highest BCUT2D eigenvalue weighted by molar-refractivity contribution is 7.57. The van der Waals surface area contributed by atoms with Gasteiger partial charge < -0.3 is 29.6 Å². The average Bonchev–Trinajstić information content (AvgIpc) is 3.41. The third-order valence-corrected chi connectivity index (χ3v) is 8.02. The second-order valence-electron chi connectivity index (χ2n) is 9.72. The van der Waals surface area contributed by atoms with Gasteiger partial charge in [0.05, 0.1) is 19.5 Å². The number of carbonyl (C=O) groups excluding carboxylic acids is 1. The lowest BCUT2D eigenvalue weighted by atomic mass is 10.1. The van der Waals surface area contributed by atoms with Gasteiger partial charge in [-0.3, -0.25) is 9.36 Å². The second-order valence-corrected chi connectivity index (χ2v) is 11.8. The van der Waals surface area contributed by atoms with Crippen molar-refractivity contribution in [3.63, 3.8) is 0 Å². The predicted octanol–water partition coefficient (Wildman–Crippen LogP) is 4.80. The van der Waals surface area contributed by atoms with E-state index >= 15 is 0 Å². The van der Waals surface area contributed by atoms with Crippen molar-refractivity contribution in [1.82, 2.24) is 24.6 Å². The summed E-state index contributed by atoms with van der Waals surface area (Å²) in [5.74, 6) is 0.480. The number of hydrogen-bond donors (Lipinski definition) is 3. The van der Waals surface area contributed by atoms with E-state index in [1.54, 1.807) is 41.2 Å². The van der Waals surface area contributed by atoms with Crippen LogP contribution in [0.15, 0.2) is 79.6 Å². The lowest BCUT2D eigenvalue weighted by Gasteiger charge is -2.25. The Morgan fingerprint density at radius 2 is 1.86 bits per heavy atom. The molecule has 13 heteroatoms. The second kappa shape index (κ2) is 15.8. The number of nitrogens with one attached hydrogen (secondary N) is 2. The minimum Gasteiger partial charge on any atom is -0.465 e. The number of rotatable bonds is 18. The van der Waals surface area contributed by atoms with Crippen molar-refractivity contribution < 1.29 is 23.4 Å². The van der Waals surface area contributed by atoms with Crippen LogP contribution in [-0.2, 0) is 31.8 Å². The van der Waals surface area contributed by atoms with E-state index in [0.29, 0.717) is 35.8 Å². The summed E-state index contributed by atoms with van der Waals surface area (Å²) in [4.78, 5) is 26.1. The molecule has 1 unspecified atom stereocenters. The molecule has 0 aliphatic rings. The Hall–Kier alpha value is -4.25. The van der Waals surface area contributed by atoms with E-state index in [1.807, 2.05) is 43.3 Å². The molecule has 2 heterocycles. The highest BCUT2D eigenvalue weighted by Crippen LogP contribution is 2.44. The van der Waals surface area contributed by atoms with Crippen molar-refractivity contribution in [3.8, 4) is 5.75 Å². The molecule has 0 saturated heterocycles. The van der Waals surface area contributed by atoms with Gasteiger partial charge in [0.1, 0.15) is 18.1 Å². The number of hydrogen-bond acceptors (Lipinski definition) is 10. The third kappa shape index (κ3) is 9.37. The highest BCUT2D eigenvalue weighted by Gasteiger charge is 2.33. The molecule has 43 heavy (non-hydrogen) atoms. The quantitative estimate of drug-likeness (QED) is 0.0618. The summed E-state index contributed by atoms with van der Waals surface area (Å²) in [6.45, 7) is 6.97. The minimum atomic E-state index is -3.77. The molecule has 2 atom stereocenters. The van der Waals surface area contributed by atoms with Crippen LogP contribution < -0.4 is 20.7 Å². The molecule has 4 N–H and O–H groups in total. The van der Waals surface area contributed by atoms with Crippen molar-refractivity contribution in [3.05, 3.63) is 85.2 Å². The number of unbranched alkanes of at least 4 members (excludes halogenated alkanes) is 1. The normalized spacial score (nSPS) is 13.2. The van der Waals surface area contributed by atoms with Crippen molar-refractivity contribution in [1.29, 1.82) is 0 Å². The van der Waals surface area contributed by atoms with E-state index in [1.165, 1.54) is 0 Å². The van der Waals surface area contributed by atoms with Gasteiger partial charge in [-0.05, 0) is 30.5 Å². The van der Waals surface area contributed by atoms with Crippen LogP contribution in [0.5, 0.6) is 5.75 Å². The van der Waals surface area contributed by atoms with Crippen molar-refractivity contribution in [2.75, 3.05) is 37.2 Å². The summed E-state index contributed by atoms with van der Waals surface area (Å²) in [7, 11) is -3.77. The summed E-state index contributed by atoms with van der Waals surface area (Å²) in [6, 6.07) is 17.3. The topological polar surface area (TPSA) is 156 Å². The molecule has 2 aromatic heterocycles. The molecule has 0 fully saturated rings. The van der Waals surface area contributed by atoms with Gasteiger partial charge in [0.2, 0.25) is 5.95 Å². The molecule has 4 aromatic rings. The number of esters is 1. The third-order valence-electron chi connectivity index (χ3n) is 6.29. The summed E-state index contributed by atoms with van der Waals surface area (Å²) in [5.41, 5.74) is 7.88. The van der Waals surface area contributed by atoms with Gasteiger partial charge in [-0.15, -0.1) is 6.58 Å². The molecule has 0 saturated carbocycles. The zero-order valence-corrected chi connectivity index (χ0v) is 25.1. The molecule has 2 aromatic carbocycles. The molecule has 0 amide bonds. The number of imidazole rings is 1. The van der Waals surface area contributed by atoms with Crippen LogP contribution >= 0.6 is 7.52 Å². The summed E-state index contributed by atoms with van der Waals surface area (Å²) in [5, 5.41) is 6.08. The highest BCUT2D eigenvalue weighted by atomic mass is 31.2. The maximum atomic E-state index is 14.2. The number of ether oxygens (including phenoxy) is 2. The van der Waals surface area contributed by atoms with Crippen molar-refractivity contribution in [2.45, 2.75) is 38.8 Å². The van der Waals surface area contributed by atoms with Gasteiger partial charge in [0.25, 0.3) is 0 Å². The van der Waals surface area contributed by atoms with Gasteiger partial charge in [0, 0.05) is 13.1 Å². The van der Waals surface area contributed by atoms with E-state index in [-0.39, 0.29) is 31.9 Å². The molecule has 0 bridgehead atoms. The van der Waals surface area contributed by atoms with Gasteiger partial charge in [-0.2, -0.15) is 9.97 Å². The standard InChI is InChI=1S/C30H38N7O5P/c1-3-5-18-41-29(38)25(20-23-12-8-6-9-13-23)36-43(39,42-24-14-10-7-11-15-24)22-40-19-17-37-21-33-26-27(32-16-4-2)34-30(31)35-28(26)37/h4,6-15,21,25H,2-3,5,16-20,22H2,1H3,(H,36,39)(H3,31,32,34,35)/t25-,43?/m0/s1. The first-order valence-corrected chi connectivity index (χ1v) is 15.9. The first-order chi connectivity index (χ1) is 20.9. The molecule has 0 spiro atoms. The van der Waals surface area contributed by atoms with Crippen molar-refractivity contribution >= 4 is 36.4 Å². The fourth-order valence-corrected chi connectivity index (χ4v) is 5.88. The van der Waals surface area contributed by atoms with Gasteiger partial charge in [-0.1, -0.05) is 68.0 Å². The zero-order chi connectivity index (χ0) is 30.5. The van der Waals surface area contributed by atoms with Crippen LogP contribution in [0.3, 0.4) is 0 Å². The Morgan fingerprint density at radius 3 is 2.58 bits per heavy atom. The van der Waals surface area contributed by atoms with Gasteiger partial charge in [-0.25, -0.2) is 10.1 Å². The number of carbonyl (C=O) groups is 1. The molecular formula is C30H38N7O5P. The van der Waals surface area contributed by atoms with Crippen LogP contribution in [-0.4, -0.2) is 57.6 Å². The first kappa shape index (κ1) is 31.7. The predicted molar refractivity (Wildman–Crippen MR) is 167 cm³/mol. The number of aromatic nitrogens is 4. The number of nitrogens with two attached hydrogens (primary N) is 1. The monoisotopic (exact) mass is 607 g/mol. The van der Waals surface area contributed by atoms with E-state index in [9.17, 15) is 9.36 Å². The molecule has 12 nitrogen and oxygen atoms in total. The molecule has 0 aliphatic heterocycles. The molecule has 0 radical (unpaired) electrons. The van der Waals surface area contributed by atoms with Crippen LogP contribution in [0.4, 0.5) is 11.8 Å². The van der Waals surface area contributed by atoms with E-state index in [0.717, 1.165) is 18.4 Å². The molecule has 4 rings (SSSR count). The van der Waals surface area contributed by atoms with Crippen LogP contribution in [0.2, 0.25) is 0 Å². The summed E-state index contributed by atoms with van der Waals surface area (Å²) >= 11 is 0. The lowest BCUT2D eigenvalue weighted by molar-refractivity contribution is -0.145. The lowest BCUT2D eigenvalue weighted by Crippen LogP contribution is -2.40. The molecular weight excluding hydrogens is 569 g/mol. The Kier molecular flexibility index (Phi) is 11.7. The number of fused-ring (bicyclic) bond motifs is 1. The van der Waals surface area contributed by atoms with Crippen LogP contribution in [0.1, 0.15) is 25.3 Å². The smallest absolute Gasteiger partial charge is 0.342 e. The number of anilines is 2. The SMILES string of the molecule is C=CCNc1nc(N)nc2c1ncn2CCOCP(=O)(N[C@@H](Cc1ccccc1)C(=O)OCCCC)Oc1ccccc1. The first-order valence-electron chi connectivity index (χ1n) is 14.1. The van der Waals surface area contributed by atoms with E-state index in [2.05, 4.69) is 31.9 Å². The molecule has 228 valence electrons. The number of nitrogens with zero attached hydrogens (tertiary/aromatic N) is 4. The van der Waals surface area contributed by atoms with Crippen LogP contribution in [0.25, 0.3) is 11.2 Å². The average molecular weight is 608 g/mol. The largest absolute Gasteiger partial charge is 0.465 e. The summed E-state index contributed by atoms with van der Waals surface area (Å²) < 4.78 is 33.4. The van der Waals surface area contributed by atoms with E-state index in [4.69, 9.17) is 19.7 Å². The number of para-hydroxylation sites is 1. The fraction of sp³-hybridized carbons (Fsp3) is 0.333. The van der Waals surface area contributed by atoms with Crippen LogP contribution in [0, 0.1) is 0 Å². The Bertz CT molecular complexity index is 1520. The minimum absolute atomic E-state index is 0.0990. The Labute approximate surface area is 251 Å².